The molecule has 0 saturated carbocycles. The third-order valence-electron chi connectivity index (χ3n) is 1.31. The average molecular weight is 176 g/mol. The summed E-state index contributed by atoms with van der Waals surface area (Å²) < 4.78 is 1.95. The van der Waals surface area contributed by atoms with Crippen LogP contribution in [-0.2, 0) is 6.54 Å². The number of nitrogens with zero attached hydrogens (tertiary/aromatic N) is 3. The molecular formula is C9H12N4. The molecule has 1 N–H and O–H groups in total. The minimum atomic E-state index is 0.847. The van der Waals surface area contributed by atoms with E-state index in [2.05, 4.69) is 21.5 Å². The van der Waals surface area contributed by atoms with Crippen LogP contribution < -0.4 is 0 Å². The fourth-order valence-corrected chi connectivity index (χ4v) is 0.759. The molecule has 0 aliphatic rings. The summed E-state index contributed by atoms with van der Waals surface area (Å²) in [5.74, 6) is 0. The number of aromatic amines is 1. The van der Waals surface area contributed by atoms with E-state index in [0.29, 0.717) is 0 Å². The highest BCUT2D eigenvalue weighted by molar-refractivity contribution is 4.78. The minimum Gasteiger partial charge on any atom is -0.351 e. The van der Waals surface area contributed by atoms with Crippen LogP contribution in [0.5, 0.6) is 0 Å². The summed E-state index contributed by atoms with van der Waals surface area (Å²) in [6.45, 7) is 4.43. The Balaban J connectivity index is 0.000000145. The smallest absolute Gasteiger partial charge is 0.0948 e. The van der Waals surface area contributed by atoms with Crippen LogP contribution in [0.2, 0.25) is 0 Å². The lowest BCUT2D eigenvalue weighted by Crippen LogP contribution is -1.87. The first-order chi connectivity index (χ1) is 6.43. The van der Waals surface area contributed by atoms with Crippen LogP contribution in [-0.4, -0.2) is 19.5 Å². The van der Waals surface area contributed by atoms with Crippen molar-refractivity contribution in [1.29, 1.82) is 0 Å². The van der Waals surface area contributed by atoms with Gasteiger partial charge in [-0.15, -0.1) is 6.58 Å². The third-order valence-corrected chi connectivity index (χ3v) is 1.31. The summed E-state index contributed by atoms with van der Waals surface area (Å²) in [5.41, 5.74) is 0. The van der Waals surface area contributed by atoms with Crippen molar-refractivity contribution in [3.8, 4) is 0 Å². The van der Waals surface area contributed by atoms with Crippen LogP contribution in [0.15, 0.2) is 50.1 Å². The summed E-state index contributed by atoms with van der Waals surface area (Å²) in [7, 11) is 0. The van der Waals surface area contributed by atoms with E-state index in [0.717, 1.165) is 6.54 Å². The van der Waals surface area contributed by atoms with Gasteiger partial charge in [0.2, 0.25) is 0 Å². The zero-order chi connectivity index (χ0) is 9.36. The first kappa shape index (κ1) is 9.25. The van der Waals surface area contributed by atoms with Gasteiger partial charge in [0.25, 0.3) is 0 Å². The average Bonchev–Trinajstić information content (AvgIpc) is 2.79. The lowest BCUT2D eigenvalue weighted by atomic mass is 10.6. The van der Waals surface area contributed by atoms with Gasteiger partial charge in [-0.1, -0.05) is 6.08 Å². The van der Waals surface area contributed by atoms with Crippen LogP contribution in [0.1, 0.15) is 0 Å². The molecule has 0 spiro atoms. The summed E-state index contributed by atoms with van der Waals surface area (Å²) in [6.07, 6.45) is 12.3. The minimum absolute atomic E-state index is 0.847. The van der Waals surface area contributed by atoms with Crippen molar-refractivity contribution in [3.63, 3.8) is 0 Å². The number of imidazole rings is 2. The molecule has 0 aromatic carbocycles. The number of rotatable bonds is 2. The molecule has 0 bridgehead atoms. The second-order valence-corrected chi connectivity index (χ2v) is 2.31. The standard InChI is InChI=1S/C6H8N2.C3H4N2/c1-2-4-8-5-3-7-6-8;1-2-5-3-4-1/h2-3,5-6H,1,4H2;1-3H,(H,4,5). The summed E-state index contributed by atoms with van der Waals surface area (Å²) in [6, 6.07) is 0. The van der Waals surface area contributed by atoms with Gasteiger partial charge in [-0.2, -0.15) is 0 Å². The first-order valence-electron chi connectivity index (χ1n) is 3.93. The fourth-order valence-electron chi connectivity index (χ4n) is 0.759. The highest BCUT2D eigenvalue weighted by Crippen LogP contribution is 1.83. The Hall–Kier alpha value is -1.84. The van der Waals surface area contributed by atoms with Crippen molar-refractivity contribution in [1.82, 2.24) is 19.5 Å². The topological polar surface area (TPSA) is 46.5 Å². The maximum atomic E-state index is 3.86. The molecule has 2 aromatic rings. The molecular weight excluding hydrogens is 164 g/mol. The maximum absolute atomic E-state index is 3.86. The molecule has 4 nitrogen and oxygen atoms in total. The molecule has 68 valence electrons. The van der Waals surface area contributed by atoms with Gasteiger partial charge < -0.3 is 9.55 Å². The van der Waals surface area contributed by atoms with Crippen LogP contribution in [0.25, 0.3) is 0 Å². The molecule has 0 saturated heterocycles. The third kappa shape index (κ3) is 3.91. The number of hydrogen-bond donors (Lipinski definition) is 1. The van der Waals surface area contributed by atoms with E-state index in [-0.39, 0.29) is 0 Å². The Morgan fingerprint density at radius 3 is 2.69 bits per heavy atom. The van der Waals surface area contributed by atoms with Crippen LogP contribution >= 0.6 is 0 Å². The number of nitrogens with one attached hydrogen (secondary N) is 1. The van der Waals surface area contributed by atoms with E-state index < -0.39 is 0 Å². The molecule has 0 unspecified atom stereocenters. The quantitative estimate of drug-likeness (QED) is 0.704. The predicted molar refractivity (Wildman–Crippen MR) is 51.0 cm³/mol. The normalized spacial score (nSPS) is 8.62. The Morgan fingerprint density at radius 1 is 1.38 bits per heavy atom. The molecule has 0 atom stereocenters. The number of H-pyrrole nitrogens is 1. The van der Waals surface area contributed by atoms with Gasteiger partial charge in [0, 0.05) is 31.3 Å². The molecule has 2 aromatic heterocycles. The van der Waals surface area contributed by atoms with Gasteiger partial charge in [-0.3, -0.25) is 0 Å². The Morgan fingerprint density at radius 2 is 2.31 bits per heavy atom. The van der Waals surface area contributed by atoms with E-state index in [1.807, 2.05) is 16.8 Å². The van der Waals surface area contributed by atoms with Gasteiger partial charge >= 0.3 is 0 Å². The van der Waals surface area contributed by atoms with Gasteiger partial charge in [0.15, 0.2) is 0 Å². The van der Waals surface area contributed by atoms with Gasteiger partial charge in [-0.05, 0) is 0 Å². The molecule has 2 rings (SSSR count). The maximum Gasteiger partial charge on any atom is 0.0948 e. The SMILES string of the molecule is C=CCn1ccnc1.c1c[nH]cn1. The van der Waals surface area contributed by atoms with E-state index >= 15 is 0 Å². The number of hydrogen-bond acceptors (Lipinski definition) is 2. The fraction of sp³-hybridized carbons (Fsp3) is 0.111. The molecule has 2 heterocycles. The predicted octanol–water partition coefficient (Wildman–Crippen LogP) is 1.48. The Labute approximate surface area is 77.0 Å². The summed E-state index contributed by atoms with van der Waals surface area (Å²) in [5, 5.41) is 0. The second-order valence-electron chi connectivity index (χ2n) is 2.31. The van der Waals surface area contributed by atoms with Crippen molar-refractivity contribution in [3.05, 3.63) is 50.1 Å². The van der Waals surface area contributed by atoms with E-state index in [1.54, 1.807) is 31.2 Å². The summed E-state index contributed by atoms with van der Waals surface area (Å²) >= 11 is 0. The molecule has 13 heavy (non-hydrogen) atoms. The zero-order valence-electron chi connectivity index (χ0n) is 7.30. The van der Waals surface area contributed by atoms with Crippen molar-refractivity contribution >= 4 is 0 Å². The number of aromatic nitrogens is 4. The van der Waals surface area contributed by atoms with Crippen LogP contribution in [0, 0.1) is 0 Å². The van der Waals surface area contributed by atoms with Crippen molar-refractivity contribution in [2.24, 2.45) is 0 Å². The van der Waals surface area contributed by atoms with Crippen LogP contribution in [0.4, 0.5) is 0 Å². The van der Waals surface area contributed by atoms with Crippen molar-refractivity contribution in [2.45, 2.75) is 6.54 Å². The van der Waals surface area contributed by atoms with Crippen molar-refractivity contribution < 1.29 is 0 Å². The Kier molecular flexibility index (Phi) is 4.10. The first-order valence-corrected chi connectivity index (χ1v) is 3.93. The van der Waals surface area contributed by atoms with E-state index in [1.165, 1.54) is 0 Å². The lowest BCUT2D eigenvalue weighted by molar-refractivity contribution is 0.822. The number of allylic oxidation sites excluding steroid dienone is 1. The van der Waals surface area contributed by atoms with Gasteiger partial charge in [-0.25, -0.2) is 9.97 Å². The van der Waals surface area contributed by atoms with Crippen LogP contribution in [0.3, 0.4) is 0 Å². The molecule has 4 heteroatoms. The van der Waals surface area contributed by atoms with Crippen molar-refractivity contribution in [2.75, 3.05) is 0 Å². The Bertz CT molecular complexity index is 279. The highest BCUT2D eigenvalue weighted by atomic mass is 15.0. The second kappa shape index (κ2) is 5.77. The zero-order valence-corrected chi connectivity index (χ0v) is 7.30. The monoisotopic (exact) mass is 176 g/mol. The molecule has 0 radical (unpaired) electrons. The molecule has 0 aliphatic carbocycles. The summed E-state index contributed by atoms with van der Waals surface area (Å²) in [4.78, 5) is 10.3. The highest BCUT2D eigenvalue weighted by Gasteiger charge is 1.79. The molecule has 0 amide bonds. The lowest BCUT2D eigenvalue weighted by Gasteiger charge is -1.89. The largest absolute Gasteiger partial charge is 0.351 e. The van der Waals surface area contributed by atoms with E-state index in [4.69, 9.17) is 0 Å². The molecule has 0 fully saturated rings. The van der Waals surface area contributed by atoms with E-state index in [9.17, 15) is 0 Å². The van der Waals surface area contributed by atoms with Gasteiger partial charge in [0.05, 0.1) is 12.7 Å². The molecule has 0 aliphatic heterocycles. The van der Waals surface area contributed by atoms with Gasteiger partial charge in [0.1, 0.15) is 0 Å².